The predicted octanol–water partition coefficient (Wildman–Crippen LogP) is 4.05. The second-order valence-corrected chi connectivity index (χ2v) is 8.28. The first-order valence-electron chi connectivity index (χ1n) is 10.3. The molecule has 0 bridgehead atoms. The topological polar surface area (TPSA) is 101 Å². The van der Waals surface area contributed by atoms with Crippen LogP contribution in [0.2, 0.25) is 0 Å². The number of hydrogen-bond donors (Lipinski definition) is 3. The predicted molar refractivity (Wildman–Crippen MR) is 133 cm³/mol. The third kappa shape index (κ3) is 5.26. The van der Waals surface area contributed by atoms with Crippen LogP contribution in [0.4, 0.5) is 5.69 Å². The zero-order chi connectivity index (χ0) is 24.1. The number of ether oxygens (including phenoxy) is 1. The molecule has 0 aliphatic carbocycles. The lowest BCUT2D eigenvalue weighted by atomic mass is 10.2. The molecule has 3 amide bonds. The zero-order valence-corrected chi connectivity index (χ0v) is 19.8. The quantitative estimate of drug-likeness (QED) is 0.334. The van der Waals surface area contributed by atoms with Gasteiger partial charge in [-0.05, 0) is 54.1 Å². The molecular formula is C25H21BrN4O4. The number of hydrogen-bond acceptors (Lipinski definition) is 4. The van der Waals surface area contributed by atoms with E-state index in [0.29, 0.717) is 22.3 Å². The van der Waals surface area contributed by atoms with E-state index in [1.165, 1.54) is 4.68 Å². The lowest BCUT2D eigenvalue weighted by Gasteiger charge is -2.13. The highest BCUT2D eigenvalue weighted by atomic mass is 79.9. The first-order valence-corrected chi connectivity index (χ1v) is 11.1. The van der Waals surface area contributed by atoms with Gasteiger partial charge in [-0.2, -0.15) is 0 Å². The summed E-state index contributed by atoms with van der Waals surface area (Å²) in [4.78, 5) is 38.1. The van der Waals surface area contributed by atoms with Gasteiger partial charge in [-0.15, -0.1) is 0 Å². The highest BCUT2D eigenvalue weighted by Crippen LogP contribution is 2.24. The van der Waals surface area contributed by atoms with Crippen LogP contribution in [0.5, 0.6) is 5.75 Å². The van der Waals surface area contributed by atoms with E-state index in [0.717, 1.165) is 10.0 Å². The lowest BCUT2D eigenvalue weighted by Crippen LogP contribution is -2.39. The number of nitrogens with zero attached hydrogens (tertiary/aromatic N) is 1. The highest BCUT2D eigenvalue weighted by molar-refractivity contribution is 9.10. The number of nitrogens with one attached hydrogen (secondary N) is 3. The smallest absolute Gasteiger partial charge is 0.328 e. The van der Waals surface area contributed by atoms with E-state index in [2.05, 4.69) is 32.0 Å². The van der Waals surface area contributed by atoms with E-state index in [9.17, 15) is 14.4 Å². The van der Waals surface area contributed by atoms with E-state index in [1.54, 1.807) is 73.8 Å². The number of carbonyl (C=O) groups is 3. The number of rotatable bonds is 6. The Kier molecular flexibility index (Phi) is 6.93. The van der Waals surface area contributed by atoms with Crippen molar-refractivity contribution >= 4 is 50.2 Å². The molecule has 0 aliphatic rings. The number of anilines is 1. The van der Waals surface area contributed by atoms with Crippen LogP contribution in [-0.4, -0.2) is 29.5 Å². The van der Waals surface area contributed by atoms with Gasteiger partial charge in [0.1, 0.15) is 11.4 Å². The van der Waals surface area contributed by atoms with E-state index in [-0.39, 0.29) is 12.2 Å². The minimum Gasteiger partial charge on any atom is -0.497 e. The molecule has 8 nitrogen and oxygen atoms in total. The van der Waals surface area contributed by atoms with Crippen molar-refractivity contribution in [1.82, 2.24) is 9.99 Å². The first-order chi connectivity index (χ1) is 16.4. The van der Waals surface area contributed by atoms with Crippen LogP contribution in [-0.2, 0) is 16.1 Å². The van der Waals surface area contributed by atoms with Gasteiger partial charge >= 0.3 is 11.8 Å². The SMILES string of the molecule is COc1ccc(CNC(=O)C(=O)Nn2c(C(=O)Nc3ccccc3)cc3cc(Br)ccc32)cc1. The van der Waals surface area contributed by atoms with Crippen LogP contribution in [0, 0.1) is 0 Å². The van der Waals surface area contributed by atoms with Crippen molar-refractivity contribution in [3.63, 3.8) is 0 Å². The summed E-state index contributed by atoms with van der Waals surface area (Å²) in [5.74, 6) is -1.47. The Balaban J connectivity index is 1.53. The van der Waals surface area contributed by atoms with E-state index in [1.807, 2.05) is 12.1 Å². The molecule has 3 N–H and O–H groups in total. The summed E-state index contributed by atoms with van der Waals surface area (Å²) < 4.78 is 7.24. The van der Waals surface area contributed by atoms with Crippen molar-refractivity contribution in [2.24, 2.45) is 0 Å². The largest absolute Gasteiger partial charge is 0.497 e. The van der Waals surface area contributed by atoms with Gasteiger partial charge < -0.3 is 15.4 Å². The number of benzene rings is 3. The van der Waals surface area contributed by atoms with Gasteiger partial charge in [0.25, 0.3) is 5.91 Å². The van der Waals surface area contributed by atoms with Gasteiger partial charge in [-0.25, -0.2) is 4.68 Å². The Morgan fingerprint density at radius 3 is 2.35 bits per heavy atom. The van der Waals surface area contributed by atoms with Crippen molar-refractivity contribution in [1.29, 1.82) is 0 Å². The van der Waals surface area contributed by atoms with Crippen molar-refractivity contribution in [3.05, 3.63) is 94.6 Å². The molecule has 4 rings (SSSR count). The van der Waals surface area contributed by atoms with Crippen LogP contribution >= 0.6 is 15.9 Å². The molecule has 172 valence electrons. The van der Waals surface area contributed by atoms with Crippen molar-refractivity contribution < 1.29 is 19.1 Å². The molecule has 0 aliphatic heterocycles. The minimum absolute atomic E-state index is 0.164. The van der Waals surface area contributed by atoms with E-state index >= 15 is 0 Å². The summed E-state index contributed by atoms with van der Waals surface area (Å²) in [6, 6.07) is 23.1. The fraction of sp³-hybridized carbons (Fsp3) is 0.0800. The second kappa shape index (κ2) is 10.2. The Morgan fingerprint density at radius 2 is 1.65 bits per heavy atom. The number of halogens is 1. The monoisotopic (exact) mass is 520 g/mol. The number of fused-ring (bicyclic) bond motifs is 1. The van der Waals surface area contributed by atoms with Gasteiger partial charge in [-0.1, -0.05) is 46.3 Å². The van der Waals surface area contributed by atoms with E-state index in [4.69, 9.17) is 4.74 Å². The van der Waals surface area contributed by atoms with E-state index < -0.39 is 17.7 Å². The Morgan fingerprint density at radius 1 is 0.912 bits per heavy atom. The number of methoxy groups -OCH3 is 1. The van der Waals surface area contributed by atoms with Gasteiger partial charge in [0.05, 0.1) is 12.6 Å². The van der Waals surface area contributed by atoms with Crippen molar-refractivity contribution in [3.8, 4) is 5.75 Å². The molecule has 0 spiro atoms. The van der Waals surface area contributed by atoms with Gasteiger partial charge in [0, 0.05) is 22.1 Å². The maximum absolute atomic E-state index is 13.0. The van der Waals surface area contributed by atoms with Crippen LogP contribution in [0.3, 0.4) is 0 Å². The van der Waals surface area contributed by atoms with Crippen LogP contribution in [0.25, 0.3) is 10.9 Å². The van der Waals surface area contributed by atoms with Gasteiger partial charge in [-0.3, -0.25) is 19.8 Å². The molecule has 1 heterocycles. The molecule has 0 atom stereocenters. The maximum Gasteiger partial charge on any atom is 0.328 e. The van der Waals surface area contributed by atoms with Gasteiger partial charge in [0.2, 0.25) is 0 Å². The molecule has 1 aromatic heterocycles. The molecule has 0 saturated heterocycles. The molecule has 0 saturated carbocycles. The van der Waals surface area contributed by atoms with Gasteiger partial charge in [0.15, 0.2) is 0 Å². The summed E-state index contributed by atoms with van der Waals surface area (Å²) >= 11 is 3.41. The second-order valence-electron chi connectivity index (χ2n) is 7.36. The molecule has 34 heavy (non-hydrogen) atoms. The molecule has 0 unspecified atom stereocenters. The average Bonchev–Trinajstić information content (AvgIpc) is 3.20. The summed E-state index contributed by atoms with van der Waals surface area (Å²) in [6.45, 7) is 0.164. The lowest BCUT2D eigenvalue weighted by molar-refractivity contribution is -0.136. The third-order valence-electron chi connectivity index (χ3n) is 5.06. The standard InChI is InChI=1S/C25H21BrN4O4/c1-34-20-10-7-16(8-11-20)15-27-24(32)25(33)29-30-21-12-9-18(26)13-17(21)14-22(30)23(31)28-19-5-3-2-4-6-19/h2-14H,15H2,1H3,(H,27,32)(H,28,31)(H,29,33). The van der Waals surface area contributed by atoms with Crippen LogP contribution in [0.1, 0.15) is 16.1 Å². The summed E-state index contributed by atoms with van der Waals surface area (Å²) in [5, 5.41) is 6.09. The summed E-state index contributed by atoms with van der Waals surface area (Å²) in [7, 11) is 1.57. The van der Waals surface area contributed by atoms with Crippen LogP contribution < -0.4 is 20.8 Å². The minimum atomic E-state index is -0.900. The molecule has 0 radical (unpaired) electrons. The summed E-state index contributed by atoms with van der Waals surface area (Å²) in [6.07, 6.45) is 0. The molecule has 9 heteroatoms. The van der Waals surface area contributed by atoms with Crippen molar-refractivity contribution in [2.45, 2.75) is 6.54 Å². The Labute approximate surface area is 204 Å². The highest BCUT2D eigenvalue weighted by Gasteiger charge is 2.21. The fourth-order valence-electron chi connectivity index (χ4n) is 3.35. The molecule has 3 aromatic carbocycles. The normalized spacial score (nSPS) is 10.5. The molecular weight excluding hydrogens is 500 g/mol. The fourth-order valence-corrected chi connectivity index (χ4v) is 3.73. The first kappa shape index (κ1) is 23.1. The Hall–Kier alpha value is -4.11. The molecule has 0 fully saturated rings. The van der Waals surface area contributed by atoms with Crippen LogP contribution in [0.15, 0.2) is 83.3 Å². The number of carbonyl (C=O) groups excluding carboxylic acids is 3. The molecule has 4 aromatic rings. The maximum atomic E-state index is 13.0. The Bertz CT molecular complexity index is 1350. The number of aromatic nitrogens is 1. The summed E-state index contributed by atoms with van der Waals surface area (Å²) in [5.41, 5.74) is 4.70. The average molecular weight is 521 g/mol. The number of amides is 3. The zero-order valence-electron chi connectivity index (χ0n) is 18.2. The van der Waals surface area contributed by atoms with Crippen molar-refractivity contribution in [2.75, 3.05) is 17.9 Å². The number of para-hydroxylation sites is 1. The third-order valence-corrected chi connectivity index (χ3v) is 5.55.